The Hall–Kier alpha value is -3.27. The van der Waals surface area contributed by atoms with Gasteiger partial charge in [0.15, 0.2) is 0 Å². The molecule has 0 bridgehead atoms. The minimum Gasteiger partial charge on any atom is -0.497 e. The van der Waals surface area contributed by atoms with Crippen LogP contribution in [-0.2, 0) is 14.8 Å². The van der Waals surface area contributed by atoms with Gasteiger partial charge in [-0.25, -0.2) is 13.8 Å². The summed E-state index contributed by atoms with van der Waals surface area (Å²) in [5.74, 6) is 0.822. The fraction of sp³-hybridized carbons (Fsp3) is 0.300. The van der Waals surface area contributed by atoms with Crippen molar-refractivity contribution in [3.63, 3.8) is 0 Å². The molecule has 2 rings (SSSR count). The molecule has 0 aromatic heterocycles. The second-order valence-electron chi connectivity index (χ2n) is 6.10. The lowest BCUT2D eigenvalue weighted by atomic mass is 10.2. The molecular weight excluding hydrogens is 410 g/mol. The van der Waals surface area contributed by atoms with Crippen LogP contribution in [0.4, 0.5) is 5.69 Å². The van der Waals surface area contributed by atoms with E-state index in [2.05, 4.69) is 10.5 Å². The zero-order valence-corrected chi connectivity index (χ0v) is 18.1. The van der Waals surface area contributed by atoms with Crippen molar-refractivity contribution in [2.24, 2.45) is 5.10 Å². The Morgan fingerprint density at radius 2 is 1.77 bits per heavy atom. The quantitative estimate of drug-likeness (QED) is 0.452. The number of carbonyl (C=O) groups is 1. The highest BCUT2D eigenvalue weighted by Gasteiger charge is 2.24. The predicted molar refractivity (Wildman–Crippen MR) is 115 cm³/mol. The molecule has 0 radical (unpaired) electrons. The fourth-order valence-corrected chi connectivity index (χ4v) is 3.39. The Kier molecular flexibility index (Phi) is 8.05. The van der Waals surface area contributed by atoms with E-state index < -0.39 is 22.5 Å². The molecule has 0 aliphatic carbocycles. The maximum absolute atomic E-state index is 12.3. The molecule has 10 heteroatoms. The highest BCUT2D eigenvalue weighted by atomic mass is 32.2. The van der Waals surface area contributed by atoms with Gasteiger partial charge < -0.3 is 14.2 Å². The summed E-state index contributed by atoms with van der Waals surface area (Å²) < 4.78 is 41.3. The van der Waals surface area contributed by atoms with Gasteiger partial charge in [-0.1, -0.05) is 0 Å². The molecule has 1 N–H and O–H groups in total. The van der Waals surface area contributed by atoms with Crippen molar-refractivity contribution >= 4 is 27.8 Å². The Morgan fingerprint density at radius 3 is 2.33 bits per heavy atom. The standard InChI is InChI=1S/C20H25N3O6S/c1-5-29-16-8-6-15(7-9-16)13-21-22-20(24)14-23(30(4,25)26)18-12-17(27-2)10-11-19(18)28-3/h6-13H,5,14H2,1-4H3,(H,22,24)/b21-13-. The van der Waals surface area contributed by atoms with Gasteiger partial charge in [-0.15, -0.1) is 0 Å². The number of ether oxygens (including phenoxy) is 3. The van der Waals surface area contributed by atoms with E-state index in [1.807, 2.05) is 6.92 Å². The third kappa shape index (κ3) is 6.38. The third-order valence-corrected chi connectivity index (χ3v) is 5.06. The van der Waals surface area contributed by atoms with E-state index in [9.17, 15) is 13.2 Å². The van der Waals surface area contributed by atoms with Crippen LogP contribution in [0.1, 0.15) is 12.5 Å². The lowest BCUT2D eigenvalue weighted by molar-refractivity contribution is -0.119. The summed E-state index contributed by atoms with van der Waals surface area (Å²) in [7, 11) is -0.920. The second-order valence-corrected chi connectivity index (χ2v) is 8.01. The maximum Gasteiger partial charge on any atom is 0.260 e. The fourth-order valence-electron chi connectivity index (χ4n) is 2.53. The topological polar surface area (TPSA) is 107 Å². The summed E-state index contributed by atoms with van der Waals surface area (Å²) in [5.41, 5.74) is 3.26. The molecule has 2 aromatic rings. The number of hydrazone groups is 1. The number of amides is 1. The Morgan fingerprint density at radius 1 is 1.10 bits per heavy atom. The molecule has 0 aliphatic heterocycles. The predicted octanol–water partition coefficient (Wildman–Crippen LogP) is 2.02. The first-order chi connectivity index (χ1) is 14.3. The minimum atomic E-state index is -3.79. The number of nitrogens with one attached hydrogen (secondary N) is 1. The number of benzene rings is 2. The third-order valence-electron chi connectivity index (χ3n) is 3.94. The van der Waals surface area contributed by atoms with Gasteiger partial charge in [0.05, 0.1) is 39.0 Å². The maximum atomic E-state index is 12.3. The average molecular weight is 436 g/mol. The van der Waals surface area contributed by atoms with Crippen LogP contribution in [0.3, 0.4) is 0 Å². The van der Waals surface area contributed by atoms with Crippen LogP contribution >= 0.6 is 0 Å². The smallest absolute Gasteiger partial charge is 0.260 e. The van der Waals surface area contributed by atoms with E-state index in [1.54, 1.807) is 36.4 Å². The number of carbonyl (C=O) groups excluding carboxylic acids is 1. The van der Waals surface area contributed by atoms with Crippen LogP contribution in [0, 0.1) is 0 Å². The Balaban J connectivity index is 2.13. The van der Waals surface area contributed by atoms with E-state index >= 15 is 0 Å². The molecule has 0 aliphatic rings. The molecule has 0 unspecified atom stereocenters. The van der Waals surface area contributed by atoms with E-state index in [0.29, 0.717) is 12.4 Å². The number of hydrogen-bond donors (Lipinski definition) is 1. The summed E-state index contributed by atoms with van der Waals surface area (Å²) in [4.78, 5) is 12.3. The van der Waals surface area contributed by atoms with Gasteiger partial charge in [0.1, 0.15) is 23.8 Å². The van der Waals surface area contributed by atoms with Crippen LogP contribution in [0.25, 0.3) is 0 Å². The normalized spacial score (nSPS) is 11.2. The van der Waals surface area contributed by atoms with Crippen molar-refractivity contribution < 1.29 is 27.4 Å². The van der Waals surface area contributed by atoms with Crippen LogP contribution in [0.5, 0.6) is 17.2 Å². The summed E-state index contributed by atoms with van der Waals surface area (Å²) in [6, 6.07) is 11.8. The zero-order valence-electron chi connectivity index (χ0n) is 17.3. The van der Waals surface area contributed by atoms with E-state index in [1.165, 1.54) is 26.5 Å². The molecule has 0 spiro atoms. The summed E-state index contributed by atoms with van der Waals surface area (Å²) in [5, 5.41) is 3.88. The monoisotopic (exact) mass is 435 g/mol. The zero-order chi connectivity index (χ0) is 22.1. The highest BCUT2D eigenvalue weighted by molar-refractivity contribution is 7.92. The number of nitrogens with zero attached hydrogens (tertiary/aromatic N) is 2. The lowest BCUT2D eigenvalue weighted by Crippen LogP contribution is -2.39. The van der Waals surface area contributed by atoms with Crippen molar-refractivity contribution in [1.82, 2.24) is 5.43 Å². The number of anilines is 1. The molecule has 162 valence electrons. The van der Waals surface area contributed by atoms with Crippen molar-refractivity contribution in [2.75, 3.05) is 37.9 Å². The molecule has 2 aromatic carbocycles. The molecule has 30 heavy (non-hydrogen) atoms. The van der Waals surface area contributed by atoms with Crippen molar-refractivity contribution in [3.05, 3.63) is 48.0 Å². The Labute approximate surface area is 176 Å². The van der Waals surface area contributed by atoms with Crippen LogP contribution < -0.4 is 23.9 Å². The summed E-state index contributed by atoms with van der Waals surface area (Å²) in [6.45, 7) is 1.98. The SMILES string of the molecule is CCOc1ccc(/C=N\NC(=O)CN(c2cc(OC)ccc2OC)S(C)(=O)=O)cc1. The van der Waals surface area contributed by atoms with Crippen LogP contribution in [-0.4, -0.2) is 54.2 Å². The largest absolute Gasteiger partial charge is 0.497 e. The summed E-state index contributed by atoms with van der Waals surface area (Å²) in [6.07, 6.45) is 2.45. The van der Waals surface area contributed by atoms with Crippen LogP contribution in [0.2, 0.25) is 0 Å². The molecule has 0 atom stereocenters. The van der Waals surface area contributed by atoms with Crippen molar-refractivity contribution in [3.8, 4) is 17.2 Å². The van der Waals surface area contributed by atoms with Gasteiger partial charge in [-0.3, -0.25) is 9.10 Å². The van der Waals surface area contributed by atoms with E-state index in [4.69, 9.17) is 14.2 Å². The number of hydrogen-bond acceptors (Lipinski definition) is 7. The molecule has 1 amide bonds. The molecule has 9 nitrogen and oxygen atoms in total. The van der Waals surface area contributed by atoms with E-state index in [-0.39, 0.29) is 11.4 Å². The lowest BCUT2D eigenvalue weighted by Gasteiger charge is -2.23. The highest BCUT2D eigenvalue weighted by Crippen LogP contribution is 2.33. The molecule has 0 saturated carbocycles. The van der Waals surface area contributed by atoms with Gasteiger partial charge in [0, 0.05) is 6.07 Å². The van der Waals surface area contributed by atoms with Gasteiger partial charge in [-0.2, -0.15) is 5.10 Å². The van der Waals surface area contributed by atoms with Crippen LogP contribution in [0.15, 0.2) is 47.6 Å². The molecular formula is C20H25N3O6S. The number of sulfonamides is 1. The summed E-state index contributed by atoms with van der Waals surface area (Å²) >= 11 is 0. The van der Waals surface area contributed by atoms with Gasteiger partial charge in [-0.05, 0) is 48.9 Å². The molecule has 0 heterocycles. The first kappa shape index (κ1) is 23.0. The van der Waals surface area contributed by atoms with Crippen molar-refractivity contribution in [1.29, 1.82) is 0 Å². The second kappa shape index (κ2) is 10.5. The molecule has 0 fully saturated rings. The Bertz CT molecular complexity index is 990. The van der Waals surface area contributed by atoms with E-state index in [0.717, 1.165) is 21.9 Å². The number of methoxy groups -OCH3 is 2. The average Bonchev–Trinajstić information content (AvgIpc) is 2.72. The molecule has 0 saturated heterocycles. The van der Waals surface area contributed by atoms with Gasteiger partial charge in [0.2, 0.25) is 10.0 Å². The van der Waals surface area contributed by atoms with Gasteiger partial charge >= 0.3 is 0 Å². The minimum absolute atomic E-state index is 0.185. The first-order valence-electron chi connectivity index (χ1n) is 9.03. The van der Waals surface area contributed by atoms with Gasteiger partial charge in [0.25, 0.3) is 5.91 Å². The first-order valence-corrected chi connectivity index (χ1v) is 10.9. The van der Waals surface area contributed by atoms with Crippen molar-refractivity contribution in [2.45, 2.75) is 6.92 Å². The number of rotatable bonds is 10.